The van der Waals surface area contributed by atoms with Crippen molar-refractivity contribution in [2.24, 2.45) is 0 Å². The Morgan fingerprint density at radius 2 is 2.27 bits per heavy atom. The summed E-state index contributed by atoms with van der Waals surface area (Å²) in [6.45, 7) is 3.36. The van der Waals surface area contributed by atoms with Gasteiger partial charge in [-0.05, 0) is 19.8 Å². The topological polar surface area (TPSA) is 46.5 Å². The molecule has 0 aromatic heterocycles. The molecule has 0 spiro atoms. The van der Waals surface area contributed by atoms with E-state index in [9.17, 15) is 4.79 Å². The van der Waals surface area contributed by atoms with Crippen LogP contribution in [0.2, 0.25) is 0 Å². The molecule has 0 aliphatic carbocycles. The normalized spacial score (nSPS) is 9.64. The molecule has 0 aliphatic heterocycles. The van der Waals surface area contributed by atoms with Gasteiger partial charge in [0.25, 0.3) is 0 Å². The van der Waals surface area contributed by atoms with Gasteiger partial charge in [-0.3, -0.25) is 4.79 Å². The molecular formula is C8H15O3. The number of hydrogen-bond acceptors (Lipinski definition) is 3. The maximum atomic E-state index is 10.7. The van der Waals surface area contributed by atoms with Crippen molar-refractivity contribution < 1.29 is 14.6 Å². The standard InChI is InChI=1S/C8H15O3/c1-2-11-8(10)6-4-3-5-7-9/h7,9H,2-6H2,1H3. The van der Waals surface area contributed by atoms with Gasteiger partial charge in [0.2, 0.25) is 0 Å². The summed E-state index contributed by atoms with van der Waals surface area (Å²) >= 11 is 0. The van der Waals surface area contributed by atoms with E-state index in [1.165, 1.54) is 0 Å². The first kappa shape index (κ1) is 10.4. The predicted molar refractivity (Wildman–Crippen MR) is 41.3 cm³/mol. The van der Waals surface area contributed by atoms with Crippen molar-refractivity contribution in [2.75, 3.05) is 6.61 Å². The molecule has 3 nitrogen and oxygen atoms in total. The lowest BCUT2D eigenvalue weighted by atomic mass is 10.2. The molecule has 1 N–H and O–H groups in total. The van der Waals surface area contributed by atoms with Crippen molar-refractivity contribution in [3.8, 4) is 0 Å². The Kier molecular flexibility index (Phi) is 7.15. The first-order valence-electron chi connectivity index (χ1n) is 3.92. The maximum absolute atomic E-state index is 10.7. The Labute approximate surface area is 67.4 Å². The number of carbonyl (C=O) groups excluding carboxylic acids is 1. The summed E-state index contributed by atoms with van der Waals surface area (Å²) < 4.78 is 4.71. The van der Waals surface area contributed by atoms with Crippen molar-refractivity contribution in [1.82, 2.24) is 0 Å². The Balaban J connectivity index is 3.04. The van der Waals surface area contributed by atoms with Crippen LogP contribution in [0.3, 0.4) is 0 Å². The van der Waals surface area contributed by atoms with E-state index in [1.807, 2.05) is 0 Å². The maximum Gasteiger partial charge on any atom is 0.305 e. The second kappa shape index (κ2) is 7.54. The minimum Gasteiger partial charge on any atom is -0.466 e. The summed E-state index contributed by atoms with van der Waals surface area (Å²) in [6, 6.07) is 0. The summed E-state index contributed by atoms with van der Waals surface area (Å²) in [5, 5.41) is 8.29. The van der Waals surface area contributed by atoms with E-state index >= 15 is 0 Å². The third kappa shape index (κ3) is 7.33. The van der Waals surface area contributed by atoms with Gasteiger partial charge < -0.3 is 9.84 Å². The Bertz CT molecular complexity index is 102. The lowest BCUT2D eigenvalue weighted by Crippen LogP contribution is -2.03. The molecule has 0 saturated carbocycles. The summed E-state index contributed by atoms with van der Waals surface area (Å²) in [5.41, 5.74) is 0. The van der Waals surface area contributed by atoms with Gasteiger partial charge in [-0.2, -0.15) is 0 Å². The Morgan fingerprint density at radius 3 is 2.82 bits per heavy atom. The molecule has 0 bridgehead atoms. The highest BCUT2D eigenvalue weighted by Crippen LogP contribution is 2.01. The molecule has 0 aliphatic rings. The van der Waals surface area contributed by atoms with Crippen molar-refractivity contribution in [3.05, 3.63) is 6.61 Å². The van der Waals surface area contributed by atoms with Gasteiger partial charge in [0, 0.05) is 6.42 Å². The molecular weight excluding hydrogens is 144 g/mol. The fraction of sp³-hybridized carbons (Fsp3) is 0.750. The number of aliphatic hydroxyl groups excluding tert-OH is 1. The average Bonchev–Trinajstić information content (AvgIpc) is 1.99. The van der Waals surface area contributed by atoms with Gasteiger partial charge >= 0.3 is 5.97 Å². The molecule has 0 amide bonds. The van der Waals surface area contributed by atoms with E-state index in [4.69, 9.17) is 9.84 Å². The molecule has 0 atom stereocenters. The zero-order valence-electron chi connectivity index (χ0n) is 6.88. The molecule has 3 heteroatoms. The summed E-state index contributed by atoms with van der Waals surface area (Å²) in [5.74, 6) is -0.148. The molecule has 0 fully saturated rings. The van der Waals surface area contributed by atoms with Crippen LogP contribution in [0.25, 0.3) is 0 Å². The zero-order valence-corrected chi connectivity index (χ0v) is 6.88. The second-order valence-electron chi connectivity index (χ2n) is 2.23. The van der Waals surface area contributed by atoms with E-state index in [0.717, 1.165) is 19.4 Å². The quantitative estimate of drug-likeness (QED) is 0.473. The van der Waals surface area contributed by atoms with E-state index in [1.54, 1.807) is 6.92 Å². The fourth-order valence-electron chi connectivity index (χ4n) is 0.738. The minimum absolute atomic E-state index is 0.148. The average molecular weight is 159 g/mol. The van der Waals surface area contributed by atoms with Crippen molar-refractivity contribution in [3.63, 3.8) is 0 Å². The lowest BCUT2D eigenvalue weighted by Gasteiger charge is -1.99. The molecule has 11 heavy (non-hydrogen) atoms. The van der Waals surface area contributed by atoms with E-state index in [-0.39, 0.29) is 5.97 Å². The highest BCUT2D eigenvalue weighted by Gasteiger charge is 1.99. The summed E-state index contributed by atoms with van der Waals surface area (Å²) in [4.78, 5) is 10.7. The van der Waals surface area contributed by atoms with Crippen LogP contribution in [0.15, 0.2) is 0 Å². The number of aliphatic hydroxyl groups is 1. The van der Waals surface area contributed by atoms with Crippen molar-refractivity contribution in [2.45, 2.75) is 32.6 Å². The monoisotopic (exact) mass is 159 g/mol. The van der Waals surface area contributed by atoms with Crippen LogP contribution in [-0.2, 0) is 9.53 Å². The van der Waals surface area contributed by atoms with E-state index in [2.05, 4.69) is 0 Å². The zero-order chi connectivity index (χ0) is 8.53. The largest absolute Gasteiger partial charge is 0.466 e. The number of ether oxygens (including phenoxy) is 1. The summed E-state index contributed by atoms with van der Waals surface area (Å²) in [6.07, 6.45) is 2.74. The van der Waals surface area contributed by atoms with Crippen LogP contribution in [-0.4, -0.2) is 17.7 Å². The summed E-state index contributed by atoms with van der Waals surface area (Å²) in [7, 11) is 0. The SMILES string of the molecule is CCOC(=O)CCCC[CH]O. The third-order valence-corrected chi connectivity index (χ3v) is 1.27. The molecule has 0 unspecified atom stereocenters. The van der Waals surface area contributed by atoms with Crippen LogP contribution in [0.5, 0.6) is 0 Å². The molecule has 0 aromatic carbocycles. The number of hydrogen-bond donors (Lipinski definition) is 1. The third-order valence-electron chi connectivity index (χ3n) is 1.27. The van der Waals surface area contributed by atoms with Crippen LogP contribution in [0.4, 0.5) is 0 Å². The highest BCUT2D eigenvalue weighted by atomic mass is 16.5. The van der Waals surface area contributed by atoms with Crippen LogP contribution in [0.1, 0.15) is 32.6 Å². The van der Waals surface area contributed by atoms with Gasteiger partial charge in [-0.15, -0.1) is 0 Å². The van der Waals surface area contributed by atoms with Crippen LogP contribution >= 0.6 is 0 Å². The molecule has 0 saturated heterocycles. The smallest absolute Gasteiger partial charge is 0.305 e. The fourth-order valence-corrected chi connectivity index (χ4v) is 0.738. The minimum atomic E-state index is -0.148. The van der Waals surface area contributed by atoms with Gasteiger partial charge in [-0.25, -0.2) is 0 Å². The van der Waals surface area contributed by atoms with Gasteiger partial charge in [0.15, 0.2) is 0 Å². The van der Waals surface area contributed by atoms with Gasteiger partial charge in [0.1, 0.15) is 0 Å². The van der Waals surface area contributed by atoms with Crippen LogP contribution in [0, 0.1) is 6.61 Å². The predicted octanol–water partition coefficient (Wildman–Crippen LogP) is 1.64. The number of esters is 1. The molecule has 65 valence electrons. The Morgan fingerprint density at radius 1 is 1.55 bits per heavy atom. The number of unbranched alkanes of at least 4 members (excludes halogenated alkanes) is 2. The first-order valence-corrected chi connectivity index (χ1v) is 3.92. The van der Waals surface area contributed by atoms with E-state index < -0.39 is 0 Å². The van der Waals surface area contributed by atoms with Gasteiger partial charge in [-0.1, -0.05) is 6.42 Å². The number of carbonyl (C=O) groups is 1. The lowest BCUT2D eigenvalue weighted by molar-refractivity contribution is -0.143. The second-order valence-corrected chi connectivity index (χ2v) is 2.23. The van der Waals surface area contributed by atoms with Gasteiger partial charge in [0.05, 0.1) is 13.2 Å². The number of rotatable bonds is 6. The highest BCUT2D eigenvalue weighted by molar-refractivity contribution is 5.69. The molecule has 0 rings (SSSR count). The van der Waals surface area contributed by atoms with Crippen molar-refractivity contribution in [1.29, 1.82) is 0 Å². The molecule has 0 heterocycles. The molecule has 0 aromatic rings. The molecule has 1 radical (unpaired) electrons. The Hall–Kier alpha value is -0.570. The van der Waals surface area contributed by atoms with E-state index in [0.29, 0.717) is 19.4 Å². The van der Waals surface area contributed by atoms with Crippen LogP contribution < -0.4 is 0 Å². The first-order chi connectivity index (χ1) is 5.31. The van der Waals surface area contributed by atoms with Crippen molar-refractivity contribution >= 4 is 5.97 Å².